The van der Waals surface area contributed by atoms with Crippen molar-refractivity contribution >= 4 is 46.7 Å². The molecule has 0 spiro atoms. The summed E-state index contributed by atoms with van der Waals surface area (Å²) >= 11 is 11.9. The predicted octanol–water partition coefficient (Wildman–Crippen LogP) is 2.42. The monoisotopic (exact) mass is 370 g/mol. The van der Waals surface area contributed by atoms with E-state index in [2.05, 4.69) is 0 Å². The van der Waals surface area contributed by atoms with Gasteiger partial charge in [0.05, 0.1) is 10.0 Å². The molecule has 1 aromatic rings. The van der Waals surface area contributed by atoms with Crippen LogP contribution in [0.3, 0.4) is 0 Å². The van der Waals surface area contributed by atoms with Gasteiger partial charge in [-0.1, -0.05) is 23.2 Å². The third-order valence-electron chi connectivity index (χ3n) is 4.54. The van der Waals surface area contributed by atoms with Crippen LogP contribution in [0.5, 0.6) is 0 Å². The number of amides is 2. The Morgan fingerprint density at radius 3 is 2.54 bits per heavy atom. The van der Waals surface area contributed by atoms with Crippen LogP contribution in [0.1, 0.15) is 19.3 Å². The van der Waals surface area contributed by atoms with Crippen molar-refractivity contribution in [3.8, 4) is 0 Å². The first-order valence-corrected chi connectivity index (χ1v) is 8.45. The van der Waals surface area contributed by atoms with Crippen molar-refractivity contribution in [3.63, 3.8) is 0 Å². The highest BCUT2D eigenvalue weighted by Crippen LogP contribution is 2.32. The fourth-order valence-corrected chi connectivity index (χ4v) is 3.60. The Morgan fingerprint density at radius 2 is 1.88 bits per heavy atom. The zero-order valence-corrected chi connectivity index (χ0v) is 14.3. The smallest absolute Gasteiger partial charge is 0.326 e. The van der Waals surface area contributed by atoms with Crippen LogP contribution in [0.2, 0.25) is 10.0 Å². The number of aliphatic carboxylic acids is 1. The second-order valence-corrected chi connectivity index (χ2v) is 6.77. The fourth-order valence-electron chi connectivity index (χ4n) is 3.31. The van der Waals surface area contributed by atoms with Gasteiger partial charge < -0.3 is 14.9 Å². The van der Waals surface area contributed by atoms with Crippen LogP contribution in [0.15, 0.2) is 18.2 Å². The number of rotatable bonds is 3. The van der Waals surface area contributed by atoms with Crippen LogP contribution >= 0.6 is 23.2 Å². The Kier molecular flexibility index (Phi) is 4.69. The van der Waals surface area contributed by atoms with Crippen LogP contribution in [0.25, 0.3) is 0 Å². The molecule has 2 fully saturated rings. The quantitative estimate of drug-likeness (QED) is 0.828. The molecule has 2 atom stereocenters. The Hall–Kier alpha value is -1.79. The molecule has 1 aromatic carbocycles. The number of likely N-dealkylation sites (tertiary alicyclic amines) is 1. The SMILES string of the molecule is O=C(O)C1CCCN1C(=O)C1CCN(c2ccc(Cl)c(Cl)c2)C1=O. The minimum Gasteiger partial charge on any atom is -0.480 e. The minimum atomic E-state index is -1.02. The predicted molar refractivity (Wildman–Crippen MR) is 89.3 cm³/mol. The summed E-state index contributed by atoms with van der Waals surface area (Å²) in [7, 11) is 0. The lowest BCUT2D eigenvalue weighted by Crippen LogP contribution is -2.45. The number of carboxylic acid groups (broad SMARTS) is 1. The molecule has 128 valence electrons. The maximum atomic E-state index is 12.6. The van der Waals surface area contributed by atoms with Gasteiger partial charge >= 0.3 is 5.97 Å². The zero-order valence-electron chi connectivity index (χ0n) is 12.7. The summed E-state index contributed by atoms with van der Waals surface area (Å²) in [5.41, 5.74) is 0.584. The number of hydrogen-bond acceptors (Lipinski definition) is 3. The number of anilines is 1. The van der Waals surface area contributed by atoms with Crippen molar-refractivity contribution in [1.82, 2.24) is 4.90 Å². The molecule has 0 bridgehead atoms. The van der Waals surface area contributed by atoms with Gasteiger partial charge in [0.15, 0.2) is 0 Å². The lowest BCUT2D eigenvalue weighted by molar-refractivity contribution is -0.151. The fraction of sp³-hybridized carbons (Fsp3) is 0.438. The van der Waals surface area contributed by atoms with Crippen LogP contribution in [-0.4, -0.2) is 46.9 Å². The highest BCUT2D eigenvalue weighted by Gasteiger charge is 2.44. The average Bonchev–Trinajstić information content (AvgIpc) is 3.16. The van der Waals surface area contributed by atoms with Crippen molar-refractivity contribution < 1.29 is 19.5 Å². The molecule has 8 heteroatoms. The van der Waals surface area contributed by atoms with Crippen LogP contribution < -0.4 is 4.90 Å². The zero-order chi connectivity index (χ0) is 17.4. The Labute approximate surface area is 148 Å². The van der Waals surface area contributed by atoms with Crippen molar-refractivity contribution in [1.29, 1.82) is 0 Å². The number of halogens is 2. The maximum Gasteiger partial charge on any atom is 0.326 e. The van der Waals surface area contributed by atoms with Gasteiger partial charge in [-0.25, -0.2) is 4.79 Å². The summed E-state index contributed by atoms with van der Waals surface area (Å²) in [6, 6.07) is 4.03. The minimum absolute atomic E-state index is 0.325. The molecular formula is C16H16Cl2N2O4. The second-order valence-electron chi connectivity index (χ2n) is 5.96. The van der Waals surface area contributed by atoms with Crippen molar-refractivity contribution in [3.05, 3.63) is 28.2 Å². The van der Waals surface area contributed by atoms with Gasteiger partial charge in [-0.15, -0.1) is 0 Å². The molecule has 2 aliphatic rings. The summed E-state index contributed by atoms with van der Waals surface area (Å²) < 4.78 is 0. The van der Waals surface area contributed by atoms with Gasteiger partial charge in [0.25, 0.3) is 0 Å². The molecule has 0 aromatic heterocycles. The van der Waals surface area contributed by atoms with Gasteiger partial charge in [-0.05, 0) is 37.5 Å². The number of carbonyl (C=O) groups excluding carboxylic acids is 2. The van der Waals surface area contributed by atoms with E-state index in [1.807, 2.05) is 0 Å². The lowest BCUT2D eigenvalue weighted by atomic mass is 10.1. The number of hydrogen-bond donors (Lipinski definition) is 1. The highest BCUT2D eigenvalue weighted by atomic mass is 35.5. The molecular weight excluding hydrogens is 355 g/mol. The summed E-state index contributed by atoms with van der Waals surface area (Å²) in [5.74, 6) is -2.58. The van der Waals surface area contributed by atoms with E-state index in [0.29, 0.717) is 48.1 Å². The third kappa shape index (κ3) is 2.96. The highest BCUT2D eigenvalue weighted by molar-refractivity contribution is 6.42. The van der Waals surface area contributed by atoms with Crippen molar-refractivity contribution in [2.24, 2.45) is 5.92 Å². The van der Waals surface area contributed by atoms with E-state index < -0.39 is 23.8 Å². The van der Waals surface area contributed by atoms with Gasteiger partial charge in [0.1, 0.15) is 12.0 Å². The molecule has 2 aliphatic heterocycles. The Balaban J connectivity index is 1.77. The van der Waals surface area contributed by atoms with E-state index in [1.54, 1.807) is 18.2 Å². The first-order valence-electron chi connectivity index (χ1n) is 7.70. The van der Waals surface area contributed by atoms with Crippen LogP contribution in [0, 0.1) is 5.92 Å². The molecule has 6 nitrogen and oxygen atoms in total. The topological polar surface area (TPSA) is 77.9 Å². The molecule has 2 unspecified atom stereocenters. The number of nitrogens with zero attached hydrogens (tertiary/aromatic N) is 2. The van der Waals surface area contributed by atoms with E-state index in [9.17, 15) is 19.5 Å². The van der Waals surface area contributed by atoms with E-state index >= 15 is 0 Å². The molecule has 0 radical (unpaired) electrons. The molecule has 2 saturated heterocycles. The average molecular weight is 371 g/mol. The number of benzene rings is 1. The van der Waals surface area contributed by atoms with Crippen molar-refractivity contribution in [2.75, 3.05) is 18.0 Å². The van der Waals surface area contributed by atoms with Gasteiger partial charge in [0.2, 0.25) is 11.8 Å². The van der Waals surface area contributed by atoms with E-state index in [4.69, 9.17) is 23.2 Å². The Morgan fingerprint density at radius 1 is 1.12 bits per heavy atom. The normalized spacial score (nSPS) is 23.8. The molecule has 0 aliphatic carbocycles. The summed E-state index contributed by atoms with van der Waals surface area (Å²) in [4.78, 5) is 39.3. The number of carboxylic acids is 1. The Bertz CT molecular complexity index is 709. The standard InChI is InChI=1S/C16H16Cl2N2O4/c17-11-4-3-9(8-12(11)18)19-7-5-10(14(19)21)15(22)20-6-1-2-13(20)16(23)24/h3-4,8,10,13H,1-2,5-7H2,(H,23,24). The first-order chi connectivity index (χ1) is 11.4. The van der Waals surface area contributed by atoms with E-state index in [-0.39, 0.29) is 5.91 Å². The number of carbonyl (C=O) groups is 3. The summed E-state index contributed by atoms with van der Waals surface area (Å²) in [6.07, 6.45) is 1.43. The largest absolute Gasteiger partial charge is 0.480 e. The molecule has 2 heterocycles. The second kappa shape index (κ2) is 6.61. The summed E-state index contributed by atoms with van der Waals surface area (Å²) in [5, 5.41) is 9.94. The molecule has 24 heavy (non-hydrogen) atoms. The van der Waals surface area contributed by atoms with Crippen LogP contribution in [0.4, 0.5) is 5.69 Å². The molecule has 0 saturated carbocycles. The molecule has 3 rings (SSSR count). The first kappa shape index (κ1) is 17.0. The maximum absolute atomic E-state index is 12.6. The van der Waals surface area contributed by atoms with Crippen molar-refractivity contribution in [2.45, 2.75) is 25.3 Å². The van der Waals surface area contributed by atoms with Crippen LogP contribution in [-0.2, 0) is 14.4 Å². The van der Waals surface area contributed by atoms with Gasteiger partial charge in [-0.3, -0.25) is 9.59 Å². The lowest BCUT2D eigenvalue weighted by Gasteiger charge is -2.24. The van der Waals surface area contributed by atoms with E-state index in [0.717, 1.165) is 0 Å². The summed E-state index contributed by atoms with van der Waals surface area (Å²) in [6.45, 7) is 0.769. The third-order valence-corrected chi connectivity index (χ3v) is 5.28. The van der Waals surface area contributed by atoms with Gasteiger partial charge in [-0.2, -0.15) is 0 Å². The van der Waals surface area contributed by atoms with Gasteiger partial charge in [0, 0.05) is 18.8 Å². The van der Waals surface area contributed by atoms with E-state index in [1.165, 1.54) is 9.80 Å². The molecule has 2 amide bonds. The molecule has 1 N–H and O–H groups in total.